The second-order valence-electron chi connectivity index (χ2n) is 3.73. The van der Waals surface area contributed by atoms with E-state index in [0.717, 1.165) is 5.56 Å². The van der Waals surface area contributed by atoms with Gasteiger partial charge in [-0.3, -0.25) is 14.8 Å². The lowest BCUT2D eigenvalue weighted by molar-refractivity contribution is -0.124. The molecular formula is C11H12N2O3. The van der Waals surface area contributed by atoms with Crippen molar-refractivity contribution in [3.8, 4) is 0 Å². The minimum absolute atomic E-state index is 0.146. The fourth-order valence-electron chi connectivity index (χ4n) is 1.76. The highest BCUT2D eigenvalue weighted by Crippen LogP contribution is 2.28. The van der Waals surface area contributed by atoms with Gasteiger partial charge in [0.25, 0.3) is 5.91 Å². The Morgan fingerprint density at radius 3 is 2.88 bits per heavy atom. The number of nitrogens with one attached hydrogen (secondary N) is 1. The molecule has 0 aliphatic carbocycles. The van der Waals surface area contributed by atoms with Crippen LogP contribution in [0, 0.1) is 0 Å². The molecule has 0 saturated heterocycles. The molecule has 5 nitrogen and oxygen atoms in total. The summed E-state index contributed by atoms with van der Waals surface area (Å²) in [7, 11) is 0. The highest BCUT2D eigenvalue weighted by molar-refractivity contribution is 5.95. The SMILES string of the molecule is CC(=O)Nc1ccc2c(c1)CCC(=O)N2O. The standard InChI is InChI=1S/C11H12N2O3/c1-7(14)12-9-3-4-10-8(6-9)2-5-11(15)13(10)16/h3-4,6,16H,2,5H2,1H3,(H,12,14). The third-order valence-corrected chi connectivity index (χ3v) is 2.47. The first-order valence-electron chi connectivity index (χ1n) is 5.00. The van der Waals surface area contributed by atoms with Gasteiger partial charge in [0, 0.05) is 19.0 Å². The Bertz CT molecular complexity index is 457. The van der Waals surface area contributed by atoms with Crippen LogP contribution in [-0.2, 0) is 16.0 Å². The van der Waals surface area contributed by atoms with Gasteiger partial charge in [0.05, 0.1) is 5.69 Å². The van der Waals surface area contributed by atoms with E-state index < -0.39 is 0 Å². The van der Waals surface area contributed by atoms with E-state index in [0.29, 0.717) is 22.9 Å². The molecule has 0 radical (unpaired) electrons. The molecule has 1 aliphatic heterocycles. The zero-order valence-electron chi connectivity index (χ0n) is 8.86. The number of fused-ring (bicyclic) bond motifs is 1. The van der Waals surface area contributed by atoms with Crippen LogP contribution in [0.2, 0.25) is 0 Å². The molecule has 1 aromatic rings. The van der Waals surface area contributed by atoms with Gasteiger partial charge in [-0.2, -0.15) is 5.06 Å². The molecule has 1 heterocycles. The van der Waals surface area contributed by atoms with Crippen molar-refractivity contribution in [2.45, 2.75) is 19.8 Å². The van der Waals surface area contributed by atoms with Crippen LogP contribution >= 0.6 is 0 Å². The average Bonchev–Trinajstić information content (AvgIpc) is 2.23. The Labute approximate surface area is 92.6 Å². The first-order valence-corrected chi connectivity index (χ1v) is 5.00. The van der Waals surface area contributed by atoms with Gasteiger partial charge >= 0.3 is 0 Å². The van der Waals surface area contributed by atoms with E-state index in [2.05, 4.69) is 5.32 Å². The van der Waals surface area contributed by atoms with E-state index in [1.165, 1.54) is 6.92 Å². The molecule has 0 saturated carbocycles. The summed E-state index contributed by atoms with van der Waals surface area (Å²) in [5, 5.41) is 12.8. The molecule has 84 valence electrons. The van der Waals surface area contributed by atoms with Gasteiger partial charge in [-0.25, -0.2) is 0 Å². The fourth-order valence-corrected chi connectivity index (χ4v) is 1.76. The number of carbonyl (C=O) groups is 2. The summed E-state index contributed by atoms with van der Waals surface area (Å²) in [4.78, 5) is 22.1. The van der Waals surface area contributed by atoms with Crippen LogP contribution in [-0.4, -0.2) is 17.0 Å². The number of nitrogens with zero attached hydrogens (tertiary/aromatic N) is 1. The van der Waals surface area contributed by atoms with Crippen molar-refractivity contribution < 1.29 is 14.8 Å². The molecule has 0 fully saturated rings. The Hall–Kier alpha value is -1.88. The number of carbonyl (C=O) groups excluding carboxylic acids is 2. The predicted molar refractivity (Wildman–Crippen MR) is 58.3 cm³/mol. The zero-order valence-corrected chi connectivity index (χ0v) is 8.86. The molecule has 0 aromatic heterocycles. The van der Waals surface area contributed by atoms with Gasteiger partial charge in [0.1, 0.15) is 0 Å². The van der Waals surface area contributed by atoms with Crippen LogP contribution in [0.25, 0.3) is 0 Å². The number of hydrogen-bond donors (Lipinski definition) is 2. The lowest BCUT2D eigenvalue weighted by Crippen LogP contribution is -2.31. The molecule has 1 aliphatic rings. The van der Waals surface area contributed by atoms with Crippen LogP contribution in [0.15, 0.2) is 18.2 Å². The maximum atomic E-state index is 11.2. The smallest absolute Gasteiger partial charge is 0.251 e. The highest BCUT2D eigenvalue weighted by Gasteiger charge is 2.22. The fraction of sp³-hybridized carbons (Fsp3) is 0.273. The van der Waals surface area contributed by atoms with Crippen molar-refractivity contribution in [3.05, 3.63) is 23.8 Å². The van der Waals surface area contributed by atoms with E-state index in [4.69, 9.17) is 0 Å². The Morgan fingerprint density at radius 2 is 2.19 bits per heavy atom. The van der Waals surface area contributed by atoms with E-state index in [1.54, 1.807) is 18.2 Å². The third kappa shape index (κ3) is 1.90. The van der Waals surface area contributed by atoms with E-state index >= 15 is 0 Å². The molecule has 0 atom stereocenters. The molecule has 0 bridgehead atoms. The Kier molecular flexibility index (Phi) is 2.62. The molecule has 2 rings (SSSR count). The quantitative estimate of drug-likeness (QED) is 0.701. The van der Waals surface area contributed by atoms with Crippen LogP contribution in [0.4, 0.5) is 11.4 Å². The summed E-state index contributed by atoms with van der Waals surface area (Å²) in [6, 6.07) is 5.05. The first kappa shape index (κ1) is 10.6. The monoisotopic (exact) mass is 220 g/mol. The molecule has 5 heteroatoms. The van der Waals surface area contributed by atoms with Crippen LogP contribution in [0.3, 0.4) is 0 Å². The summed E-state index contributed by atoms with van der Waals surface area (Å²) in [5.74, 6) is -0.451. The van der Waals surface area contributed by atoms with Gasteiger partial charge in [0.2, 0.25) is 5.91 Å². The lowest BCUT2D eigenvalue weighted by atomic mass is 10.0. The number of hydroxylamine groups is 1. The van der Waals surface area contributed by atoms with Crippen molar-refractivity contribution in [3.63, 3.8) is 0 Å². The molecular weight excluding hydrogens is 208 g/mol. The first-order chi connectivity index (χ1) is 7.58. The van der Waals surface area contributed by atoms with Gasteiger partial charge in [-0.15, -0.1) is 0 Å². The van der Waals surface area contributed by atoms with Crippen molar-refractivity contribution in [1.82, 2.24) is 0 Å². The average molecular weight is 220 g/mol. The predicted octanol–water partition coefficient (Wildman–Crippen LogP) is 1.31. The molecule has 2 N–H and O–H groups in total. The number of benzene rings is 1. The second-order valence-corrected chi connectivity index (χ2v) is 3.73. The lowest BCUT2D eigenvalue weighted by Gasteiger charge is -2.23. The van der Waals surface area contributed by atoms with Crippen LogP contribution in [0.5, 0.6) is 0 Å². The maximum absolute atomic E-state index is 11.2. The number of anilines is 2. The van der Waals surface area contributed by atoms with Crippen LogP contribution < -0.4 is 10.4 Å². The number of rotatable bonds is 1. The van der Waals surface area contributed by atoms with Crippen LogP contribution in [0.1, 0.15) is 18.9 Å². The summed E-state index contributed by atoms with van der Waals surface area (Å²) >= 11 is 0. The molecule has 16 heavy (non-hydrogen) atoms. The third-order valence-electron chi connectivity index (χ3n) is 2.47. The summed E-state index contributed by atoms with van der Waals surface area (Å²) in [6.07, 6.45) is 0.867. The maximum Gasteiger partial charge on any atom is 0.251 e. The molecule has 0 unspecified atom stereocenters. The Balaban J connectivity index is 2.33. The van der Waals surface area contributed by atoms with Gasteiger partial charge in [0.15, 0.2) is 0 Å². The summed E-state index contributed by atoms with van der Waals surface area (Å²) < 4.78 is 0. The zero-order chi connectivity index (χ0) is 11.7. The minimum Gasteiger partial charge on any atom is -0.326 e. The van der Waals surface area contributed by atoms with Gasteiger partial charge < -0.3 is 5.32 Å². The van der Waals surface area contributed by atoms with E-state index in [1.807, 2.05) is 0 Å². The number of amides is 2. The van der Waals surface area contributed by atoms with Crippen molar-refractivity contribution >= 4 is 23.2 Å². The van der Waals surface area contributed by atoms with Gasteiger partial charge in [-0.1, -0.05) is 0 Å². The van der Waals surface area contributed by atoms with Crippen molar-refractivity contribution in [1.29, 1.82) is 0 Å². The summed E-state index contributed by atoms with van der Waals surface area (Å²) in [5.41, 5.74) is 2.02. The molecule has 1 aromatic carbocycles. The highest BCUT2D eigenvalue weighted by atomic mass is 16.5. The topological polar surface area (TPSA) is 69.6 Å². The van der Waals surface area contributed by atoms with Crippen molar-refractivity contribution in [2.75, 3.05) is 10.4 Å². The molecule has 2 amide bonds. The normalized spacial score (nSPS) is 14.6. The minimum atomic E-state index is -0.306. The number of aryl methyl sites for hydroxylation is 1. The van der Waals surface area contributed by atoms with Crippen molar-refractivity contribution in [2.24, 2.45) is 0 Å². The summed E-state index contributed by atoms with van der Waals surface area (Å²) in [6.45, 7) is 1.43. The van der Waals surface area contributed by atoms with E-state index in [-0.39, 0.29) is 18.2 Å². The van der Waals surface area contributed by atoms with E-state index in [9.17, 15) is 14.8 Å². The Morgan fingerprint density at radius 1 is 1.44 bits per heavy atom. The second kappa shape index (κ2) is 3.94. The van der Waals surface area contributed by atoms with Gasteiger partial charge in [-0.05, 0) is 30.2 Å². The molecule has 0 spiro atoms. The number of hydrogen-bond acceptors (Lipinski definition) is 3. The largest absolute Gasteiger partial charge is 0.326 e.